The van der Waals surface area contributed by atoms with Gasteiger partial charge in [0.05, 0.1) is 10.6 Å². The first-order chi connectivity index (χ1) is 9.31. The van der Waals surface area contributed by atoms with E-state index in [0.717, 1.165) is 16.7 Å². The van der Waals surface area contributed by atoms with E-state index in [1.54, 1.807) is 6.92 Å². The summed E-state index contributed by atoms with van der Waals surface area (Å²) in [5.41, 5.74) is -1.17. The van der Waals surface area contributed by atoms with Crippen molar-refractivity contribution in [2.24, 2.45) is 0 Å². The van der Waals surface area contributed by atoms with Crippen LogP contribution in [-0.4, -0.2) is 14.5 Å². The van der Waals surface area contributed by atoms with Gasteiger partial charge in [-0.15, -0.1) is 0 Å². The van der Waals surface area contributed by atoms with Crippen LogP contribution in [-0.2, 0) is 0 Å². The fourth-order valence-electron chi connectivity index (χ4n) is 1.71. The Balaban J connectivity index is 2.84. The summed E-state index contributed by atoms with van der Waals surface area (Å²) in [6.45, 7) is 1.56. The third-order valence-electron chi connectivity index (χ3n) is 2.60. The minimum Gasteiger partial charge on any atom is -0.297 e. The van der Waals surface area contributed by atoms with E-state index in [1.807, 2.05) is 0 Å². The predicted molar refractivity (Wildman–Crippen MR) is 76.8 cm³/mol. The molecule has 7 nitrogen and oxygen atoms in total. The van der Waals surface area contributed by atoms with E-state index in [2.05, 4.69) is 20.9 Å². The lowest BCUT2D eigenvalue weighted by molar-refractivity contribution is -0.385. The Labute approximate surface area is 125 Å². The third kappa shape index (κ3) is 2.52. The van der Waals surface area contributed by atoms with Gasteiger partial charge in [-0.25, -0.2) is 9.36 Å². The average molecular weight is 361 g/mol. The molecular weight excluding hydrogens is 353 g/mol. The van der Waals surface area contributed by atoms with Gasteiger partial charge in [0.2, 0.25) is 0 Å². The molecule has 2 rings (SSSR count). The van der Waals surface area contributed by atoms with E-state index in [0.29, 0.717) is 10.0 Å². The van der Waals surface area contributed by atoms with Gasteiger partial charge in [0.15, 0.2) is 0 Å². The van der Waals surface area contributed by atoms with Crippen LogP contribution in [0.2, 0.25) is 5.15 Å². The van der Waals surface area contributed by atoms with Crippen molar-refractivity contribution < 1.29 is 4.92 Å². The Morgan fingerprint density at radius 2 is 2.00 bits per heavy atom. The zero-order chi connectivity index (χ0) is 15.0. The molecule has 0 radical (unpaired) electrons. The molecule has 0 fully saturated rings. The quantitative estimate of drug-likeness (QED) is 0.504. The van der Waals surface area contributed by atoms with Gasteiger partial charge in [0.25, 0.3) is 11.2 Å². The first-order valence-electron chi connectivity index (χ1n) is 5.28. The summed E-state index contributed by atoms with van der Waals surface area (Å²) in [7, 11) is 0. The second-order valence-corrected chi connectivity index (χ2v) is 5.20. The molecule has 0 saturated carbocycles. The van der Waals surface area contributed by atoms with Crippen molar-refractivity contribution in [2.75, 3.05) is 0 Å². The van der Waals surface area contributed by atoms with Crippen LogP contribution >= 0.6 is 27.5 Å². The van der Waals surface area contributed by atoms with E-state index in [4.69, 9.17) is 11.6 Å². The molecule has 1 aromatic carbocycles. The number of hydrogen-bond donors (Lipinski definition) is 1. The van der Waals surface area contributed by atoms with Crippen LogP contribution in [0.25, 0.3) is 5.69 Å². The van der Waals surface area contributed by atoms with Crippen molar-refractivity contribution in [3.63, 3.8) is 0 Å². The zero-order valence-electron chi connectivity index (χ0n) is 10.0. The van der Waals surface area contributed by atoms with Crippen LogP contribution in [0.15, 0.2) is 32.3 Å². The van der Waals surface area contributed by atoms with Gasteiger partial charge in [-0.2, -0.15) is 0 Å². The van der Waals surface area contributed by atoms with Crippen molar-refractivity contribution in [2.45, 2.75) is 6.92 Å². The predicted octanol–water partition coefficient (Wildman–Crippen LogP) is 2.16. The molecule has 0 aliphatic carbocycles. The third-order valence-corrected chi connectivity index (χ3v) is 3.44. The van der Waals surface area contributed by atoms with Crippen molar-refractivity contribution in [3.05, 3.63) is 64.3 Å². The number of aryl methyl sites for hydroxylation is 1. The topological polar surface area (TPSA) is 98.0 Å². The first kappa shape index (κ1) is 14.5. The molecule has 0 amide bonds. The molecule has 104 valence electrons. The van der Waals surface area contributed by atoms with E-state index >= 15 is 0 Å². The van der Waals surface area contributed by atoms with E-state index in [1.165, 1.54) is 6.07 Å². The molecule has 0 atom stereocenters. The maximum Gasteiger partial charge on any atom is 0.334 e. The Morgan fingerprint density at radius 3 is 2.55 bits per heavy atom. The van der Waals surface area contributed by atoms with Crippen molar-refractivity contribution in [1.29, 1.82) is 0 Å². The number of rotatable bonds is 2. The number of nitrogens with one attached hydrogen (secondary N) is 1. The second-order valence-electron chi connectivity index (χ2n) is 3.94. The van der Waals surface area contributed by atoms with Crippen molar-refractivity contribution >= 4 is 33.2 Å². The Bertz CT molecular complexity index is 796. The number of hydrogen-bond acceptors (Lipinski definition) is 4. The number of nitro groups is 1. The molecule has 0 aliphatic rings. The molecule has 0 unspecified atom stereocenters. The highest BCUT2D eigenvalue weighted by Crippen LogP contribution is 2.28. The minimum absolute atomic E-state index is 0.0743. The summed E-state index contributed by atoms with van der Waals surface area (Å²) in [5, 5.41) is 10.8. The Hall–Kier alpha value is -1.93. The van der Waals surface area contributed by atoms with Crippen molar-refractivity contribution in [1.82, 2.24) is 9.55 Å². The van der Waals surface area contributed by atoms with Gasteiger partial charge < -0.3 is 0 Å². The number of aromatic nitrogens is 2. The fraction of sp³-hybridized carbons (Fsp3) is 0.0909. The highest BCUT2D eigenvalue weighted by atomic mass is 79.9. The number of nitro benzene ring substituents is 1. The number of nitrogens with zero attached hydrogens (tertiary/aromatic N) is 2. The number of halogens is 2. The fourth-order valence-corrected chi connectivity index (χ4v) is 2.52. The normalized spacial score (nSPS) is 10.6. The molecular formula is C11H7BrClN3O4. The highest BCUT2D eigenvalue weighted by molar-refractivity contribution is 9.10. The number of H-pyrrole nitrogens is 1. The smallest absolute Gasteiger partial charge is 0.297 e. The van der Waals surface area contributed by atoms with Gasteiger partial charge in [0, 0.05) is 22.2 Å². The van der Waals surface area contributed by atoms with Crippen LogP contribution in [0.4, 0.5) is 5.69 Å². The van der Waals surface area contributed by atoms with Gasteiger partial charge in [-0.3, -0.25) is 19.9 Å². The summed E-state index contributed by atoms with van der Waals surface area (Å²) in [4.78, 5) is 36.3. The molecule has 2 aromatic rings. The van der Waals surface area contributed by atoms with Gasteiger partial charge in [0.1, 0.15) is 5.15 Å². The SMILES string of the molecule is Cc1cc(Br)c(-n2c(=O)cc(Cl)[nH]c2=O)cc1[N+](=O)[O-]. The van der Waals surface area contributed by atoms with E-state index < -0.39 is 16.2 Å². The molecule has 9 heteroatoms. The van der Waals surface area contributed by atoms with Crippen LogP contribution in [0.3, 0.4) is 0 Å². The molecule has 0 bridgehead atoms. The summed E-state index contributed by atoms with van der Waals surface area (Å²) in [6.07, 6.45) is 0. The molecule has 1 aromatic heterocycles. The summed E-state index contributed by atoms with van der Waals surface area (Å²) < 4.78 is 1.15. The maximum absolute atomic E-state index is 11.8. The van der Waals surface area contributed by atoms with Crippen LogP contribution in [0.1, 0.15) is 5.56 Å². The largest absolute Gasteiger partial charge is 0.334 e. The summed E-state index contributed by atoms with van der Waals surface area (Å²) in [6, 6.07) is 3.64. The highest BCUT2D eigenvalue weighted by Gasteiger charge is 2.17. The van der Waals surface area contributed by atoms with Crippen LogP contribution in [0.5, 0.6) is 0 Å². The molecule has 20 heavy (non-hydrogen) atoms. The standard InChI is InChI=1S/C11H7BrClN3O4/c1-5-2-6(12)8(3-7(5)16(19)20)15-10(17)4-9(13)14-11(15)18/h2-4H,1H3,(H,14,18). The molecule has 0 spiro atoms. The van der Waals surface area contributed by atoms with Crippen LogP contribution < -0.4 is 11.2 Å². The molecule has 1 heterocycles. The molecule has 1 N–H and O–H groups in total. The molecule has 0 aliphatic heterocycles. The average Bonchev–Trinajstić information content (AvgIpc) is 2.29. The summed E-state index contributed by atoms with van der Waals surface area (Å²) >= 11 is 8.75. The van der Waals surface area contributed by atoms with Gasteiger partial charge in [-0.05, 0) is 28.9 Å². The number of benzene rings is 1. The first-order valence-corrected chi connectivity index (χ1v) is 6.45. The minimum atomic E-state index is -0.777. The number of aromatic amines is 1. The zero-order valence-corrected chi connectivity index (χ0v) is 12.4. The second kappa shape index (κ2) is 5.22. The van der Waals surface area contributed by atoms with E-state index in [9.17, 15) is 19.7 Å². The van der Waals surface area contributed by atoms with Crippen molar-refractivity contribution in [3.8, 4) is 5.69 Å². The monoisotopic (exact) mass is 359 g/mol. The van der Waals surface area contributed by atoms with Crippen LogP contribution in [0, 0.1) is 17.0 Å². The van der Waals surface area contributed by atoms with Gasteiger partial charge >= 0.3 is 5.69 Å². The maximum atomic E-state index is 11.8. The Kier molecular flexibility index (Phi) is 3.78. The van der Waals surface area contributed by atoms with Gasteiger partial charge in [-0.1, -0.05) is 11.6 Å². The molecule has 0 saturated heterocycles. The lowest BCUT2D eigenvalue weighted by atomic mass is 10.2. The van der Waals surface area contributed by atoms with E-state index in [-0.39, 0.29) is 16.5 Å². The lowest BCUT2D eigenvalue weighted by Crippen LogP contribution is -2.33. The summed E-state index contributed by atoms with van der Waals surface area (Å²) in [5.74, 6) is 0. The lowest BCUT2D eigenvalue weighted by Gasteiger charge is -2.08. The Morgan fingerprint density at radius 1 is 1.35 bits per heavy atom.